The maximum Gasteiger partial charge on any atom is 0.229 e. The molecule has 0 aromatic heterocycles. The molecule has 1 unspecified atom stereocenters. The van der Waals surface area contributed by atoms with E-state index in [1.807, 2.05) is 0 Å². The van der Waals surface area contributed by atoms with Crippen LogP contribution in [0.4, 0.5) is 15.8 Å². The van der Waals surface area contributed by atoms with Crippen LogP contribution in [-0.2, 0) is 9.59 Å². The topological polar surface area (TPSA) is 49.4 Å². The Morgan fingerprint density at radius 3 is 2.76 bits per heavy atom. The van der Waals surface area contributed by atoms with Crippen LogP contribution in [0.15, 0.2) is 40.9 Å². The van der Waals surface area contributed by atoms with Crippen LogP contribution in [0.5, 0.6) is 0 Å². The Labute approximate surface area is 158 Å². The van der Waals surface area contributed by atoms with E-state index in [1.54, 1.807) is 37.3 Å². The molecule has 1 aliphatic rings. The van der Waals surface area contributed by atoms with Gasteiger partial charge in [0.15, 0.2) is 0 Å². The van der Waals surface area contributed by atoms with Crippen LogP contribution in [0.2, 0.25) is 5.02 Å². The number of hydrogen-bond donors (Lipinski definition) is 1. The van der Waals surface area contributed by atoms with Crippen LogP contribution in [-0.4, -0.2) is 18.4 Å². The van der Waals surface area contributed by atoms with Gasteiger partial charge in [0.1, 0.15) is 5.82 Å². The Bertz CT molecular complexity index is 859. The first kappa shape index (κ1) is 17.9. The van der Waals surface area contributed by atoms with Crippen molar-refractivity contribution < 1.29 is 14.0 Å². The van der Waals surface area contributed by atoms with E-state index in [0.29, 0.717) is 10.7 Å². The van der Waals surface area contributed by atoms with Crippen molar-refractivity contribution >= 4 is 50.7 Å². The summed E-state index contributed by atoms with van der Waals surface area (Å²) in [6.45, 7) is 1.91. The number of anilines is 2. The molecular weight excluding hydrogens is 411 g/mol. The van der Waals surface area contributed by atoms with Crippen molar-refractivity contribution in [3.63, 3.8) is 0 Å². The average molecular weight is 426 g/mol. The molecule has 1 saturated heterocycles. The van der Waals surface area contributed by atoms with Gasteiger partial charge >= 0.3 is 0 Å². The molecule has 2 aromatic rings. The standard InChI is InChI=1S/C18H15BrClFN2O2/c1-10-2-5-16(14(21)6-10)23-9-11(7-17(23)24)18(25)22-15-4-3-12(19)8-13(15)20/h2-6,8,11H,7,9H2,1H3,(H,22,25). The molecule has 7 heteroatoms. The van der Waals surface area contributed by atoms with Crippen molar-refractivity contribution in [2.75, 3.05) is 16.8 Å². The molecule has 130 valence electrons. The third-order valence-electron chi connectivity index (χ3n) is 4.08. The molecule has 0 saturated carbocycles. The van der Waals surface area contributed by atoms with E-state index in [1.165, 1.54) is 11.0 Å². The lowest BCUT2D eigenvalue weighted by molar-refractivity contribution is -0.122. The van der Waals surface area contributed by atoms with Crippen molar-refractivity contribution in [1.29, 1.82) is 0 Å². The number of carbonyl (C=O) groups excluding carboxylic acids is 2. The third-order valence-corrected chi connectivity index (χ3v) is 4.88. The minimum absolute atomic E-state index is 0.0350. The van der Waals surface area contributed by atoms with Gasteiger partial charge in [-0.05, 0) is 42.8 Å². The summed E-state index contributed by atoms with van der Waals surface area (Å²) < 4.78 is 14.9. The summed E-state index contributed by atoms with van der Waals surface area (Å²) in [5.41, 5.74) is 1.45. The van der Waals surface area contributed by atoms with Gasteiger partial charge in [0.25, 0.3) is 0 Å². The number of nitrogens with zero attached hydrogens (tertiary/aromatic N) is 1. The Morgan fingerprint density at radius 2 is 2.08 bits per heavy atom. The third kappa shape index (κ3) is 3.85. The lowest BCUT2D eigenvalue weighted by Gasteiger charge is -2.18. The molecule has 4 nitrogen and oxygen atoms in total. The fraction of sp³-hybridized carbons (Fsp3) is 0.222. The summed E-state index contributed by atoms with van der Waals surface area (Å²) in [4.78, 5) is 26.0. The van der Waals surface area contributed by atoms with Crippen LogP contribution in [0.3, 0.4) is 0 Å². The van der Waals surface area contributed by atoms with Crippen molar-refractivity contribution in [2.24, 2.45) is 5.92 Å². The molecule has 2 amide bonds. The zero-order chi connectivity index (χ0) is 18.1. The predicted octanol–water partition coefficient (Wildman–Crippen LogP) is 4.54. The number of amides is 2. The van der Waals surface area contributed by atoms with E-state index in [2.05, 4.69) is 21.2 Å². The number of nitrogens with one attached hydrogen (secondary N) is 1. The first-order chi connectivity index (χ1) is 11.8. The van der Waals surface area contributed by atoms with Gasteiger partial charge in [-0.3, -0.25) is 9.59 Å². The van der Waals surface area contributed by atoms with Crippen molar-refractivity contribution in [3.8, 4) is 0 Å². The first-order valence-corrected chi connectivity index (χ1v) is 8.84. The van der Waals surface area contributed by atoms with Crippen LogP contribution in [0.1, 0.15) is 12.0 Å². The molecule has 0 spiro atoms. The Balaban J connectivity index is 1.74. The molecule has 2 aromatic carbocycles. The van der Waals surface area contributed by atoms with Gasteiger partial charge in [-0.25, -0.2) is 4.39 Å². The molecule has 0 bridgehead atoms. The second kappa shape index (κ2) is 7.14. The maximum atomic E-state index is 14.1. The zero-order valence-corrected chi connectivity index (χ0v) is 15.7. The molecule has 1 heterocycles. The fourth-order valence-corrected chi connectivity index (χ4v) is 3.49. The molecule has 1 N–H and O–H groups in total. The van der Waals surface area contributed by atoms with E-state index in [9.17, 15) is 14.0 Å². The SMILES string of the molecule is Cc1ccc(N2CC(C(=O)Nc3ccc(Br)cc3Cl)CC2=O)c(F)c1. The highest BCUT2D eigenvalue weighted by atomic mass is 79.9. The summed E-state index contributed by atoms with van der Waals surface area (Å²) in [5.74, 6) is -1.62. The normalized spacial score (nSPS) is 17.0. The summed E-state index contributed by atoms with van der Waals surface area (Å²) in [6.07, 6.45) is 0.0350. The van der Waals surface area contributed by atoms with Crippen LogP contribution < -0.4 is 10.2 Å². The predicted molar refractivity (Wildman–Crippen MR) is 99.4 cm³/mol. The number of aryl methyl sites for hydroxylation is 1. The lowest BCUT2D eigenvalue weighted by Crippen LogP contribution is -2.28. The molecular formula is C18H15BrClFN2O2. The first-order valence-electron chi connectivity index (χ1n) is 7.67. The summed E-state index contributed by atoms with van der Waals surface area (Å²) >= 11 is 9.40. The summed E-state index contributed by atoms with van der Waals surface area (Å²) in [6, 6.07) is 9.78. The highest BCUT2D eigenvalue weighted by Gasteiger charge is 2.36. The highest BCUT2D eigenvalue weighted by Crippen LogP contribution is 2.30. The Kier molecular flexibility index (Phi) is 5.11. The molecule has 25 heavy (non-hydrogen) atoms. The molecule has 0 radical (unpaired) electrons. The Morgan fingerprint density at radius 1 is 1.32 bits per heavy atom. The number of halogens is 3. The maximum absolute atomic E-state index is 14.1. The number of carbonyl (C=O) groups is 2. The van der Waals surface area contributed by atoms with Gasteiger partial charge in [-0.1, -0.05) is 33.6 Å². The Hall–Kier alpha value is -1.92. The molecule has 1 atom stereocenters. The number of benzene rings is 2. The second-order valence-corrected chi connectivity index (χ2v) is 7.30. The van der Waals surface area contributed by atoms with E-state index in [4.69, 9.17) is 11.6 Å². The minimum Gasteiger partial charge on any atom is -0.324 e. The lowest BCUT2D eigenvalue weighted by atomic mass is 10.1. The van der Waals surface area contributed by atoms with Crippen LogP contribution in [0.25, 0.3) is 0 Å². The van der Waals surface area contributed by atoms with E-state index in [-0.39, 0.29) is 30.5 Å². The minimum atomic E-state index is -0.562. The van der Waals surface area contributed by atoms with Gasteiger partial charge in [-0.15, -0.1) is 0 Å². The molecule has 0 aliphatic carbocycles. The summed E-state index contributed by atoms with van der Waals surface area (Å²) in [7, 11) is 0. The average Bonchev–Trinajstić information content (AvgIpc) is 2.92. The fourth-order valence-electron chi connectivity index (χ4n) is 2.77. The van der Waals surface area contributed by atoms with Gasteiger partial charge in [0.2, 0.25) is 11.8 Å². The second-order valence-electron chi connectivity index (χ2n) is 5.97. The van der Waals surface area contributed by atoms with E-state index in [0.717, 1.165) is 10.0 Å². The van der Waals surface area contributed by atoms with Gasteiger partial charge in [-0.2, -0.15) is 0 Å². The largest absolute Gasteiger partial charge is 0.324 e. The van der Waals surface area contributed by atoms with Crippen molar-refractivity contribution in [3.05, 3.63) is 57.3 Å². The van der Waals surface area contributed by atoms with E-state index >= 15 is 0 Å². The van der Waals surface area contributed by atoms with E-state index < -0.39 is 11.7 Å². The smallest absolute Gasteiger partial charge is 0.229 e. The van der Waals surface area contributed by atoms with Crippen LogP contribution in [0, 0.1) is 18.7 Å². The van der Waals surface area contributed by atoms with Crippen molar-refractivity contribution in [2.45, 2.75) is 13.3 Å². The van der Waals surface area contributed by atoms with Gasteiger partial charge < -0.3 is 10.2 Å². The summed E-state index contributed by atoms with van der Waals surface area (Å²) in [5, 5.41) is 3.13. The quantitative estimate of drug-likeness (QED) is 0.785. The number of hydrogen-bond acceptors (Lipinski definition) is 2. The van der Waals surface area contributed by atoms with Gasteiger partial charge in [0.05, 0.1) is 22.3 Å². The van der Waals surface area contributed by atoms with Gasteiger partial charge in [0, 0.05) is 17.4 Å². The monoisotopic (exact) mass is 424 g/mol. The molecule has 1 fully saturated rings. The number of rotatable bonds is 3. The zero-order valence-electron chi connectivity index (χ0n) is 13.4. The van der Waals surface area contributed by atoms with Crippen molar-refractivity contribution in [1.82, 2.24) is 0 Å². The molecule has 3 rings (SSSR count). The highest BCUT2D eigenvalue weighted by molar-refractivity contribution is 9.10. The van der Waals surface area contributed by atoms with Crippen LogP contribution >= 0.6 is 27.5 Å². The molecule has 1 aliphatic heterocycles.